The number of hydrogen-bond acceptors (Lipinski definition) is 0. The van der Waals surface area contributed by atoms with Crippen LogP contribution in [0.15, 0.2) is 0 Å². The normalized spacial score (nSPS) is 87.7. The fourth-order valence-corrected chi connectivity index (χ4v) is 9.76. The third-order valence-corrected chi connectivity index (χ3v) is 10.6. The van der Waals surface area contributed by atoms with Gasteiger partial charge in [0.1, 0.15) is 4.33 Å². The standard InChI is InChI=1S/C9H6Br2Cl2/c10-7-1-4-2(7)6-3(7)5(1)8(4,11)9(6,12)13/h1-6H/t1?,2-,3+,4-,5-,6?,7?,8?/m1/s1. The Balaban J connectivity index is 1.85. The van der Waals surface area contributed by atoms with Crippen LogP contribution in [0.4, 0.5) is 0 Å². The SMILES string of the molecule is ClC1(Cl)C2[C@@H]3[C@H]4C5[C@H]([C@H]2C53Br)C41Br. The Kier molecular flexibility index (Phi) is 0.901. The van der Waals surface area contributed by atoms with Crippen LogP contribution in [-0.4, -0.2) is 13.0 Å². The van der Waals surface area contributed by atoms with Gasteiger partial charge in [-0.15, -0.1) is 0 Å². The van der Waals surface area contributed by atoms with Gasteiger partial charge in [-0.2, -0.15) is 0 Å². The average molecular weight is 345 g/mol. The van der Waals surface area contributed by atoms with Gasteiger partial charge in [-0.05, 0) is 29.6 Å². The summed E-state index contributed by atoms with van der Waals surface area (Å²) in [5.74, 6) is 4.60. The van der Waals surface area contributed by atoms with E-state index in [0.29, 0.717) is 10.2 Å². The highest BCUT2D eigenvalue weighted by atomic mass is 79.9. The Labute approximate surface area is 103 Å². The highest BCUT2D eigenvalue weighted by molar-refractivity contribution is 9.10. The molecule has 6 fully saturated rings. The molecule has 0 aromatic carbocycles. The van der Waals surface area contributed by atoms with Crippen molar-refractivity contribution in [1.82, 2.24) is 0 Å². The van der Waals surface area contributed by atoms with E-state index in [4.69, 9.17) is 23.2 Å². The van der Waals surface area contributed by atoms with Gasteiger partial charge in [0.15, 0.2) is 0 Å². The fraction of sp³-hybridized carbons (Fsp3) is 1.00. The van der Waals surface area contributed by atoms with Crippen LogP contribution in [0.5, 0.6) is 0 Å². The smallest absolute Gasteiger partial charge is 0.0997 e. The van der Waals surface area contributed by atoms with Crippen LogP contribution in [0.3, 0.4) is 0 Å². The molecular weight excluding hydrogens is 339 g/mol. The van der Waals surface area contributed by atoms with Crippen LogP contribution in [0.2, 0.25) is 0 Å². The third kappa shape index (κ3) is 0.362. The number of halogens is 4. The van der Waals surface area contributed by atoms with Gasteiger partial charge in [0.2, 0.25) is 0 Å². The molecule has 2 bridgehead atoms. The van der Waals surface area contributed by atoms with E-state index in [9.17, 15) is 0 Å². The van der Waals surface area contributed by atoms with Gasteiger partial charge in [-0.3, -0.25) is 0 Å². The molecule has 0 radical (unpaired) electrons. The third-order valence-electron chi connectivity index (χ3n) is 5.75. The molecule has 0 aliphatic heterocycles. The predicted octanol–water partition coefficient (Wildman–Crippen LogP) is 3.19. The molecule has 0 amide bonds. The molecule has 0 saturated heterocycles. The van der Waals surface area contributed by atoms with Crippen molar-refractivity contribution in [2.24, 2.45) is 35.5 Å². The van der Waals surface area contributed by atoms with E-state index < -0.39 is 4.33 Å². The van der Waals surface area contributed by atoms with E-state index in [1.165, 1.54) is 0 Å². The lowest BCUT2D eigenvalue weighted by Gasteiger charge is -2.90. The second-order valence-electron chi connectivity index (χ2n) is 5.37. The first-order valence-electron chi connectivity index (χ1n) is 4.74. The first-order chi connectivity index (χ1) is 5.98. The molecule has 0 aromatic rings. The van der Waals surface area contributed by atoms with Crippen molar-refractivity contribution >= 4 is 55.1 Å². The Morgan fingerprint density at radius 1 is 0.769 bits per heavy atom. The van der Waals surface area contributed by atoms with Gasteiger partial charge >= 0.3 is 0 Å². The molecule has 6 rings (SSSR count). The molecule has 6 saturated carbocycles. The Hall–Kier alpha value is 1.54. The summed E-state index contributed by atoms with van der Waals surface area (Å²) < 4.78 is 0.126. The molecule has 6 aliphatic rings. The molecule has 13 heavy (non-hydrogen) atoms. The van der Waals surface area contributed by atoms with Gasteiger partial charge < -0.3 is 0 Å². The summed E-state index contributed by atoms with van der Waals surface area (Å²) in [5, 5.41) is 0. The molecule has 0 spiro atoms. The molecular formula is C9H6Br2Cl2. The minimum absolute atomic E-state index is 0.100. The van der Waals surface area contributed by atoms with Crippen molar-refractivity contribution < 1.29 is 0 Å². The molecule has 70 valence electrons. The summed E-state index contributed by atoms with van der Waals surface area (Å²) in [6.07, 6.45) is 0. The summed E-state index contributed by atoms with van der Waals surface area (Å²) in [7, 11) is 0. The lowest BCUT2D eigenvalue weighted by molar-refractivity contribution is -0.337. The van der Waals surface area contributed by atoms with Crippen molar-refractivity contribution in [3.05, 3.63) is 0 Å². The molecule has 4 unspecified atom stereocenters. The van der Waals surface area contributed by atoms with Crippen molar-refractivity contribution in [2.45, 2.75) is 13.0 Å². The van der Waals surface area contributed by atoms with Crippen molar-refractivity contribution in [2.75, 3.05) is 0 Å². The predicted molar refractivity (Wildman–Crippen MR) is 58.7 cm³/mol. The zero-order chi connectivity index (χ0) is 8.96. The lowest BCUT2D eigenvalue weighted by Crippen LogP contribution is -2.93. The summed E-state index contributed by atoms with van der Waals surface area (Å²) in [6.45, 7) is 0. The van der Waals surface area contributed by atoms with E-state index >= 15 is 0 Å². The molecule has 6 aliphatic carbocycles. The van der Waals surface area contributed by atoms with Gasteiger partial charge in [-0.25, -0.2) is 0 Å². The second kappa shape index (κ2) is 1.51. The molecule has 0 heterocycles. The second-order valence-corrected chi connectivity index (χ2v) is 9.44. The molecule has 8 atom stereocenters. The van der Waals surface area contributed by atoms with Crippen LogP contribution in [0.25, 0.3) is 0 Å². The zero-order valence-electron chi connectivity index (χ0n) is 6.48. The number of rotatable bonds is 0. The quantitative estimate of drug-likeness (QED) is 0.592. The van der Waals surface area contributed by atoms with Crippen LogP contribution >= 0.6 is 55.1 Å². The maximum Gasteiger partial charge on any atom is 0.137 e. The summed E-state index contributed by atoms with van der Waals surface area (Å²) >= 11 is 20.7. The van der Waals surface area contributed by atoms with Crippen molar-refractivity contribution in [3.63, 3.8) is 0 Å². The highest BCUT2D eigenvalue weighted by Gasteiger charge is 3.07. The summed E-state index contributed by atoms with van der Waals surface area (Å²) in [6, 6.07) is 0. The van der Waals surface area contributed by atoms with Crippen molar-refractivity contribution in [1.29, 1.82) is 0 Å². The maximum absolute atomic E-state index is 6.50. The van der Waals surface area contributed by atoms with Crippen LogP contribution in [0.1, 0.15) is 0 Å². The molecule has 0 aromatic heterocycles. The number of hydrogen-bond donors (Lipinski definition) is 0. The topological polar surface area (TPSA) is 0 Å². The van der Waals surface area contributed by atoms with E-state index in [1.807, 2.05) is 0 Å². The maximum atomic E-state index is 6.50. The fourth-order valence-electron chi connectivity index (χ4n) is 5.60. The molecule has 4 heteroatoms. The van der Waals surface area contributed by atoms with E-state index in [2.05, 4.69) is 31.9 Å². The minimum atomic E-state index is -0.470. The van der Waals surface area contributed by atoms with Crippen molar-refractivity contribution in [3.8, 4) is 0 Å². The van der Waals surface area contributed by atoms with Crippen LogP contribution in [-0.2, 0) is 0 Å². The van der Waals surface area contributed by atoms with Gasteiger partial charge in [0, 0.05) is 10.2 Å². The Morgan fingerprint density at radius 3 is 1.62 bits per heavy atom. The average Bonchev–Trinajstić information content (AvgIpc) is 2.20. The summed E-state index contributed by atoms with van der Waals surface area (Å²) in [5.41, 5.74) is 0. The number of alkyl halides is 4. The van der Waals surface area contributed by atoms with Gasteiger partial charge in [0.05, 0.1) is 4.32 Å². The van der Waals surface area contributed by atoms with E-state index in [1.54, 1.807) is 0 Å². The zero-order valence-corrected chi connectivity index (χ0v) is 11.2. The highest BCUT2D eigenvalue weighted by Crippen LogP contribution is 3.04. The lowest BCUT2D eigenvalue weighted by atomic mass is 9.20. The van der Waals surface area contributed by atoms with E-state index in [-0.39, 0.29) is 4.32 Å². The minimum Gasteiger partial charge on any atom is -0.0997 e. The monoisotopic (exact) mass is 342 g/mol. The van der Waals surface area contributed by atoms with Crippen LogP contribution < -0.4 is 0 Å². The van der Waals surface area contributed by atoms with Crippen LogP contribution in [0, 0.1) is 35.5 Å². The molecule has 0 N–H and O–H groups in total. The van der Waals surface area contributed by atoms with E-state index in [0.717, 1.165) is 29.6 Å². The van der Waals surface area contributed by atoms with Gasteiger partial charge in [-0.1, -0.05) is 55.1 Å². The first-order valence-corrected chi connectivity index (χ1v) is 7.08. The Bertz CT molecular complexity index is 360. The summed E-state index contributed by atoms with van der Waals surface area (Å²) in [4.78, 5) is 0. The molecule has 0 nitrogen and oxygen atoms in total. The van der Waals surface area contributed by atoms with Gasteiger partial charge in [0.25, 0.3) is 0 Å². The Morgan fingerprint density at radius 2 is 1.23 bits per heavy atom. The first kappa shape index (κ1) is 7.76. The largest absolute Gasteiger partial charge is 0.137 e.